The van der Waals surface area contributed by atoms with Crippen LogP contribution in [-0.4, -0.2) is 41.3 Å². The van der Waals surface area contributed by atoms with Gasteiger partial charge in [0.05, 0.1) is 17.0 Å². The number of likely N-dealkylation sites (tertiary alicyclic amines) is 1. The molecule has 0 radical (unpaired) electrons. The van der Waals surface area contributed by atoms with Crippen molar-refractivity contribution in [2.75, 3.05) is 25.5 Å². The molecule has 2 aromatic carbocycles. The van der Waals surface area contributed by atoms with Crippen molar-refractivity contribution in [3.8, 4) is 0 Å². The van der Waals surface area contributed by atoms with Gasteiger partial charge in [-0.1, -0.05) is 29.8 Å². The Bertz CT molecular complexity index is 1140. The van der Waals surface area contributed by atoms with Crippen LogP contribution in [-0.2, 0) is 0 Å². The maximum absolute atomic E-state index is 14.3. The van der Waals surface area contributed by atoms with Crippen LogP contribution >= 0.6 is 11.6 Å². The summed E-state index contributed by atoms with van der Waals surface area (Å²) in [6.07, 6.45) is 2.07. The number of piperidine rings is 1. The Kier molecular flexibility index (Phi) is 4.56. The van der Waals surface area contributed by atoms with Crippen molar-refractivity contribution in [2.45, 2.75) is 24.8 Å². The van der Waals surface area contributed by atoms with E-state index in [0.29, 0.717) is 27.4 Å². The predicted octanol–water partition coefficient (Wildman–Crippen LogP) is 3.98. The number of halogens is 2. The summed E-state index contributed by atoms with van der Waals surface area (Å²) in [5.74, 6) is -0.178. The summed E-state index contributed by atoms with van der Waals surface area (Å²) in [5, 5.41) is 12.3. The zero-order valence-electron chi connectivity index (χ0n) is 16.1. The van der Waals surface area contributed by atoms with Crippen molar-refractivity contribution >= 4 is 28.1 Å². The van der Waals surface area contributed by atoms with Gasteiger partial charge in [-0.2, -0.15) is 5.10 Å². The van der Waals surface area contributed by atoms with E-state index in [1.54, 1.807) is 0 Å². The number of hydrogen-bond acceptors (Lipinski definition) is 4. The number of benzene rings is 2. The van der Waals surface area contributed by atoms with E-state index in [-0.39, 0.29) is 17.5 Å². The SMILES string of the molecule is CN1CCC([C@H]2Nc3cc(F)cc4c(=O)[nH]nc(c34)[C@@H]2c2ccccc2Cl)CC1. The molecule has 1 fully saturated rings. The first-order chi connectivity index (χ1) is 14.0. The zero-order valence-corrected chi connectivity index (χ0v) is 16.8. The second kappa shape index (κ2) is 7.11. The molecule has 7 heteroatoms. The lowest BCUT2D eigenvalue weighted by atomic mass is 9.74. The second-order valence-corrected chi connectivity index (χ2v) is 8.53. The molecule has 0 saturated carbocycles. The summed E-state index contributed by atoms with van der Waals surface area (Å²) in [7, 11) is 2.13. The van der Waals surface area contributed by atoms with E-state index in [1.807, 2.05) is 24.3 Å². The van der Waals surface area contributed by atoms with Crippen LogP contribution < -0.4 is 10.9 Å². The van der Waals surface area contributed by atoms with Gasteiger partial charge < -0.3 is 10.2 Å². The third-order valence-corrected chi connectivity index (χ3v) is 6.71. The molecular weight excluding hydrogens is 391 g/mol. The number of aromatic amines is 1. The smallest absolute Gasteiger partial charge is 0.272 e. The molecule has 2 aliphatic rings. The Labute approximate surface area is 172 Å². The first-order valence-electron chi connectivity index (χ1n) is 9.94. The highest BCUT2D eigenvalue weighted by Gasteiger charge is 2.40. The molecule has 0 spiro atoms. The average molecular weight is 413 g/mol. The van der Waals surface area contributed by atoms with Gasteiger partial charge in [0.15, 0.2) is 0 Å². The number of nitrogens with zero attached hydrogens (tertiary/aromatic N) is 2. The van der Waals surface area contributed by atoms with Crippen LogP contribution in [0.1, 0.15) is 30.0 Å². The van der Waals surface area contributed by atoms with E-state index in [0.717, 1.165) is 37.2 Å². The molecule has 5 nitrogen and oxygen atoms in total. The number of nitrogens with one attached hydrogen (secondary N) is 2. The minimum atomic E-state index is -0.430. The molecular formula is C22H22ClFN4O. The van der Waals surface area contributed by atoms with Gasteiger partial charge in [0, 0.05) is 22.1 Å². The monoisotopic (exact) mass is 412 g/mol. The van der Waals surface area contributed by atoms with Crippen molar-refractivity contribution in [1.82, 2.24) is 15.1 Å². The number of aromatic nitrogens is 2. The molecule has 1 aromatic heterocycles. The van der Waals surface area contributed by atoms with Crippen LogP contribution in [0.5, 0.6) is 0 Å². The fraction of sp³-hybridized carbons (Fsp3) is 0.364. The molecule has 3 aromatic rings. The maximum atomic E-state index is 14.3. The van der Waals surface area contributed by atoms with Crippen LogP contribution in [0.3, 0.4) is 0 Å². The molecule has 0 bridgehead atoms. The molecule has 2 N–H and O–H groups in total. The lowest BCUT2D eigenvalue weighted by Gasteiger charge is -2.42. The van der Waals surface area contributed by atoms with Gasteiger partial charge in [0.25, 0.3) is 5.56 Å². The highest BCUT2D eigenvalue weighted by atomic mass is 35.5. The van der Waals surface area contributed by atoms with Gasteiger partial charge in [0.2, 0.25) is 0 Å². The number of rotatable bonds is 2. The first kappa shape index (κ1) is 18.6. The first-order valence-corrected chi connectivity index (χ1v) is 10.3. The number of hydrogen-bond donors (Lipinski definition) is 2. The molecule has 2 atom stereocenters. The summed E-state index contributed by atoms with van der Waals surface area (Å²) in [6.45, 7) is 2.03. The molecule has 2 aliphatic heterocycles. The molecule has 1 saturated heterocycles. The Hall–Kier alpha value is -2.44. The Morgan fingerprint density at radius 2 is 1.97 bits per heavy atom. The highest BCUT2D eigenvalue weighted by molar-refractivity contribution is 6.31. The van der Waals surface area contributed by atoms with Crippen LogP contribution in [0, 0.1) is 11.7 Å². The summed E-state index contributed by atoms with van der Waals surface area (Å²) < 4.78 is 14.3. The van der Waals surface area contributed by atoms with Gasteiger partial charge in [-0.15, -0.1) is 0 Å². The van der Waals surface area contributed by atoms with E-state index in [1.165, 1.54) is 12.1 Å². The standard InChI is InChI=1S/C22H22ClFN4O/c1-28-8-6-12(7-9-28)20-19(14-4-2-3-5-16(14)23)21-18-15(22(29)27-26-21)10-13(24)11-17(18)25-20/h2-5,10-12,19-20,25H,6-9H2,1H3,(H,27,29)/t19-,20-/m1/s1. The van der Waals surface area contributed by atoms with Gasteiger partial charge in [-0.05, 0) is 62.7 Å². The van der Waals surface area contributed by atoms with E-state index < -0.39 is 5.82 Å². The number of H-pyrrole nitrogens is 1. The zero-order chi connectivity index (χ0) is 20.1. The van der Waals surface area contributed by atoms with Gasteiger partial charge in [-0.25, -0.2) is 9.49 Å². The van der Waals surface area contributed by atoms with E-state index in [9.17, 15) is 9.18 Å². The largest absolute Gasteiger partial charge is 0.380 e. The summed E-state index contributed by atoms with van der Waals surface area (Å²) in [5.41, 5.74) is 1.98. The normalized spacial score (nSPS) is 22.6. The second-order valence-electron chi connectivity index (χ2n) is 8.12. The summed E-state index contributed by atoms with van der Waals surface area (Å²) >= 11 is 6.61. The van der Waals surface area contributed by atoms with Crippen LogP contribution in [0.25, 0.3) is 10.8 Å². The van der Waals surface area contributed by atoms with Crippen molar-refractivity contribution in [3.63, 3.8) is 0 Å². The minimum Gasteiger partial charge on any atom is -0.380 e. The van der Waals surface area contributed by atoms with Crippen LogP contribution in [0.15, 0.2) is 41.2 Å². The fourth-order valence-electron chi connectivity index (χ4n) is 4.91. The average Bonchev–Trinajstić information content (AvgIpc) is 2.71. The van der Waals surface area contributed by atoms with Gasteiger partial charge >= 0.3 is 0 Å². The molecule has 0 unspecified atom stereocenters. The predicted molar refractivity (Wildman–Crippen MR) is 113 cm³/mol. The fourth-order valence-corrected chi connectivity index (χ4v) is 5.16. The summed E-state index contributed by atoms with van der Waals surface area (Å²) in [6, 6.07) is 10.5. The van der Waals surface area contributed by atoms with Crippen LogP contribution in [0.2, 0.25) is 5.02 Å². The Balaban J connectivity index is 1.73. The van der Waals surface area contributed by atoms with E-state index >= 15 is 0 Å². The lowest BCUT2D eigenvalue weighted by Crippen LogP contribution is -2.44. The lowest BCUT2D eigenvalue weighted by molar-refractivity contribution is 0.197. The minimum absolute atomic E-state index is 0.0134. The number of anilines is 1. The van der Waals surface area contributed by atoms with Crippen molar-refractivity contribution in [2.24, 2.45) is 5.92 Å². The Morgan fingerprint density at radius 3 is 2.72 bits per heavy atom. The van der Waals surface area contributed by atoms with Crippen LogP contribution in [0.4, 0.5) is 10.1 Å². The van der Waals surface area contributed by atoms with Crippen molar-refractivity contribution < 1.29 is 4.39 Å². The molecule has 0 aliphatic carbocycles. The molecule has 3 heterocycles. The third-order valence-electron chi connectivity index (χ3n) is 6.37. The van der Waals surface area contributed by atoms with E-state index in [4.69, 9.17) is 11.6 Å². The Morgan fingerprint density at radius 1 is 1.21 bits per heavy atom. The van der Waals surface area contributed by atoms with Gasteiger partial charge in [0.1, 0.15) is 5.82 Å². The van der Waals surface area contributed by atoms with Crippen molar-refractivity contribution in [3.05, 3.63) is 68.8 Å². The quantitative estimate of drug-likeness (QED) is 0.668. The van der Waals surface area contributed by atoms with Crippen molar-refractivity contribution in [1.29, 1.82) is 0 Å². The maximum Gasteiger partial charge on any atom is 0.272 e. The summed E-state index contributed by atoms with van der Waals surface area (Å²) in [4.78, 5) is 14.7. The van der Waals surface area contributed by atoms with E-state index in [2.05, 4.69) is 27.5 Å². The highest BCUT2D eigenvalue weighted by Crippen LogP contribution is 2.45. The van der Waals surface area contributed by atoms with Gasteiger partial charge in [-0.3, -0.25) is 4.79 Å². The molecule has 150 valence electrons. The molecule has 29 heavy (non-hydrogen) atoms. The molecule has 0 amide bonds. The topological polar surface area (TPSA) is 61.0 Å². The molecule has 5 rings (SSSR count). The third kappa shape index (κ3) is 3.11.